The van der Waals surface area contributed by atoms with E-state index < -0.39 is 11.5 Å². The average Bonchev–Trinajstić information content (AvgIpc) is 2.04. The van der Waals surface area contributed by atoms with Crippen LogP contribution in [0.2, 0.25) is 0 Å². The van der Waals surface area contributed by atoms with Gasteiger partial charge in [0, 0.05) is 6.92 Å². The molecule has 4 heteroatoms. The minimum absolute atomic E-state index is 0.297. The van der Waals surface area contributed by atoms with Crippen LogP contribution < -0.4 is 0 Å². The van der Waals surface area contributed by atoms with Crippen LogP contribution in [0.25, 0.3) is 0 Å². The van der Waals surface area contributed by atoms with Crippen molar-refractivity contribution in [2.75, 3.05) is 0 Å². The van der Waals surface area contributed by atoms with Crippen molar-refractivity contribution in [1.82, 2.24) is 0 Å². The van der Waals surface area contributed by atoms with Crippen molar-refractivity contribution in [2.24, 2.45) is 4.99 Å². The third kappa shape index (κ3) is 1.94. The third-order valence-corrected chi connectivity index (χ3v) is 2.76. The zero-order valence-corrected chi connectivity index (χ0v) is 7.65. The number of rotatable bonds is 2. The molecule has 0 aromatic carbocycles. The van der Waals surface area contributed by atoms with Crippen LogP contribution in [0.5, 0.6) is 0 Å². The fourth-order valence-electron chi connectivity index (χ4n) is 1.87. The Morgan fingerprint density at radius 2 is 1.85 bits per heavy atom. The van der Waals surface area contributed by atoms with Gasteiger partial charge in [0.05, 0.1) is 0 Å². The van der Waals surface area contributed by atoms with Crippen LogP contribution in [-0.4, -0.2) is 17.5 Å². The predicted octanol–water partition coefficient (Wildman–Crippen LogP) is 2.68. The lowest BCUT2D eigenvalue weighted by Gasteiger charge is -2.36. The summed E-state index contributed by atoms with van der Waals surface area (Å²) >= 11 is 0. The van der Waals surface area contributed by atoms with Crippen LogP contribution in [0.15, 0.2) is 4.99 Å². The summed E-state index contributed by atoms with van der Waals surface area (Å²) in [7, 11) is 0. The summed E-state index contributed by atoms with van der Waals surface area (Å²) in [6.45, 7) is 0.832. The molecule has 1 saturated carbocycles. The van der Waals surface area contributed by atoms with Gasteiger partial charge in [-0.25, -0.2) is 13.6 Å². The molecule has 2 nitrogen and oxygen atoms in total. The normalized spacial score (nSPS) is 22.1. The summed E-state index contributed by atoms with van der Waals surface area (Å²) in [6.07, 6.45) is 4.26. The Hall–Kier alpha value is -0.760. The van der Waals surface area contributed by atoms with Gasteiger partial charge in [0.15, 0.2) is 0 Å². The minimum atomic E-state index is -2.91. The van der Waals surface area contributed by atoms with Gasteiger partial charge in [-0.2, -0.15) is 4.99 Å². The fraction of sp³-hybridized carbons (Fsp3) is 0.889. The van der Waals surface area contributed by atoms with Crippen LogP contribution in [0.4, 0.5) is 8.78 Å². The molecule has 0 aliphatic heterocycles. The smallest absolute Gasteiger partial charge is 0.211 e. The summed E-state index contributed by atoms with van der Waals surface area (Å²) in [5.41, 5.74) is -1.47. The molecule has 0 spiro atoms. The highest BCUT2D eigenvalue weighted by Crippen LogP contribution is 2.42. The topological polar surface area (TPSA) is 29.4 Å². The third-order valence-electron chi connectivity index (χ3n) is 2.76. The Balaban J connectivity index is 2.92. The summed E-state index contributed by atoms with van der Waals surface area (Å²) in [6, 6.07) is 0. The molecule has 74 valence electrons. The largest absolute Gasteiger partial charge is 0.270 e. The number of carbonyl (C=O) groups excluding carboxylic acids is 1. The first kappa shape index (κ1) is 10.3. The standard InChI is InChI=1S/C9H13F2NO/c1-8(10,11)9(12-7-13)5-3-2-4-6-9/h2-6H2,1H3. The van der Waals surface area contributed by atoms with Crippen LogP contribution in [0.1, 0.15) is 39.0 Å². The highest BCUT2D eigenvalue weighted by molar-refractivity contribution is 5.35. The van der Waals surface area contributed by atoms with Crippen molar-refractivity contribution in [1.29, 1.82) is 0 Å². The van der Waals surface area contributed by atoms with E-state index in [0.717, 1.165) is 13.3 Å². The van der Waals surface area contributed by atoms with Gasteiger partial charge in [-0.3, -0.25) is 0 Å². The van der Waals surface area contributed by atoms with Crippen LogP contribution >= 0.6 is 0 Å². The first-order valence-electron chi connectivity index (χ1n) is 4.49. The average molecular weight is 189 g/mol. The second-order valence-corrected chi connectivity index (χ2v) is 3.68. The number of isocyanates is 1. The zero-order chi connectivity index (χ0) is 9.95. The van der Waals surface area contributed by atoms with Gasteiger partial charge in [-0.15, -0.1) is 0 Å². The van der Waals surface area contributed by atoms with E-state index in [1.807, 2.05) is 0 Å². The van der Waals surface area contributed by atoms with Gasteiger partial charge in [0.2, 0.25) is 6.08 Å². The number of hydrogen-bond donors (Lipinski definition) is 0. The molecule has 1 aliphatic carbocycles. The molecule has 0 aromatic heterocycles. The molecule has 0 atom stereocenters. The Morgan fingerprint density at radius 1 is 1.31 bits per heavy atom. The number of aliphatic imine (C=N–C) groups is 1. The molecule has 1 aliphatic rings. The van der Waals surface area contributed by atoms with Crippen molar-refractivity contribution < 1.29 is 13.6 Å². The highest BCUT2D eigenvalue weighted by atomic mass is 19.3. The van der Waals surface area contributed by atoms with Crippen molar-refractivity contribution in [3.63, 3.8) is 0 Å². The van der Waals surface area contributed by atoms with Crippen LogP contribution in [-0.2, 0) is 4.79 Å². The number of halogens is 2. The van der Waals surface area contributed by atoms with E-state index in [2.05, 4.69) is 4.99 Å². The van der Waals surface area contributed by atoms with E-state index in [0.29, 0.717) is 25.7 Å². The number of nitrogens with zero attached hydrogens (tertiary/aromatic N) is 1. The van der Waals surface area contributed by atoms with Gasteiger partial charge in [0.1, 0.15) is 5.54 Å². The molecule has 1 rings (SSSR count). The van der Waals surface area contributed by atoms with E-state index in [1.165, 1.54) is 6.08 Å². The number of hydrogen-bond acceptors (Lipinski definition) is 2. The molecular weight excluding hydrogens is 176 g/mol. The summed E-state index contributed by atoms with van der Waals surface area (Å²) in [5, 5.41) is 0. The van der Waals surface area contributed by atoms with Gasteiger partial charge >= 0.3 is 0 Å². The van der Waals surface area contributed by atoms with Gasteiger partial charge in [0.25, 0.3) is 5.92 Å². The molecular formula is C9H13F2NO. The van der Waals surface area contributed by atoms with Gasteiger partial charge in [-0.1, -0.05) is 19.3 Å². The second kappa shape index (κ2) is 3.54. The maximum atomic E-state index is 13.2. The van der Waals surface area contributed by atoms with Crippen LogP contribution in [0, 0.1) is 0 Å². The first-order valence-corrected chi connectivity index (χ1v) is 4.49. The van der Waals surface area contributed by atoms with Crippen molar-refractivity contribution in [2.45, 2.75) is 50.5 Å². The van der Waals surface area contributed by atoms with Crippen LogP contribution in [0.3, 0.4) is 0 Å². The lowest BCUT2D eigenvalue weighted by molar-refractivity contribution is -0.0700. The maximum Gasteiger partial charge on any atom is 0.270 e. The summed E-state index contributed by atoms with van der Waals surface area (Å²) in [5.74, 6) is -2.91. The van der Waals surface area contributed by atoms with Crippen molar-refractivity contribution in [3.8, 4) is 0 Å². The van der Waals surface area contributed by atoms with E-state index in [4.69, 9.17) is 0 Å². The first-order chi connectivity index (χ1) is 6.02. The van der Waals surface area contributed by atoms with Gasteiger partial charge in [-0.05, 0) is 12.8 Å². The van der Waals surface area contributed by atoms with E-state index in [9.17, 15) is 13.6 Å². The summed E-state index contributed by atoms with van der Waals surface area (Å²) < 4.78 is 26.4. The Bertz CT molecular complexity index is 222. The SMILES string of the molecule is CC(F)(F)C1(N=C=O)CCCCC1. The molecule has 0 aromatic rings. The Kier molecular flexibility index (Phi) is 2.81. The molecule has 0 saturated heterocycles. The molecule has 0 amide bonds. The van der Waals surface area contributed by atoms with E-state index in [-0.39, 0.29) is 0 Å². The fourth-order valence-corrected chi connectivity index (χ4v) is 1.87. The Morgan fingerprint density at radius 3 is 2.23 bits per heavy atom. The quantitative estimate of drug-likeness (QED) is 0.485. The molecule has 0 radical (unpaired) electrons. The molecule has 0 N–H and O–H groups in total. The van der Waals surface area contributed by atoms with E-state index in [1.54, 1.807) is 0 Å². The molecule has 13 heavy (non-hydrogen) atoms. The molecule has 0 unspecified atom stereocenters. The monoisotopic (exact) mass is 189 g/mol. The van der Waals surface area contributed by atoms with E-state index >= 15 is 0 Å². The zero-order valence-electron chi connectivity index (χ0n) is 7.65. The lowest BCUT2D eigenvalue weighted by atomic mass is 9.78. The van der Waals surface area contributed by atoms with Crippen molar-refractivity contribution in [3.05, 3.63) is 0 Å². The number of alkyl halides is 2. The molecule has 1 fully saturated rings. The minimum Gasteiger partial charge on any atom is -0.211 e. The molecule has 0 bridgehead atoms. The second-order valence-electron chi connectivity index (χ2n) is 3.68. The maximum absolute atomic E-state index is 13.2. The Labute approximate surface area is 76.0 Å². The predicted molar refractivity (Wildman–Crippen MR) is 44.6 cm³/mol. The lowest BCUT2D eigenvalue weighted by Crippen LogP contribution is -2.45. The molecule has 0 heterocycles. The summed E-state index contributed by atoms with van der Waals surface area (Å²) in [4.78, 5) is 13.4. The van der Waals surface area contributed by atoms with Crippen molar-refractivity contribution >= 4 is 6.08 Å². The highest BCUT2D eigenvalue weighted by Gasteiger charge is 2.50. The van der Waals surface area contributed by atoms with Gasteiger partial charge < -0.3 is 0 Å².